The molecule has 146 valence electrons. The lowest BCUT2D eigenvalue weighted by Crippen LogP contribution is -2.39. The number of amides is 1. The Balaban J connectivity index is 0.00000338. The van der Waals surface area contributed by atoms with E-state index in [1.54, 1.807) is 12.1 Å². The van der Waals surface area contributed by atoms with E-state index in [4.69, 9.17) is 10.5 Å². The summed E-state index contributed by atoms with van der Waals surface area (Å²) in [4.78, 5) is 18.6. The highest BCUT2D eigenvalue weighted by Gasteiger charge is 2.08. The molecule has 1 saturated heterocycles. The number of ether oxygens (including phenoxy) is 1. The van der Waals surface area contributed by atoms with Crippen LogP contribution in [0.15, 0.2) is 33.7 Å². The zero-order valence-electron chi connectivity index (χ0n) is 14.7. The molecule has 0 atom stereocenters. The van der Waals surface area contributed by atoms with E-state index in [-0.39, 0.29) is 29.9 Å². The Morgan fingerprint density at radius 1 is 1.19 bits per heavy atom. The van der Waals surface area contributed by atoms with Gasteiger partial charge in [-0.1, -0.05) is 15.9 Å². The van der Waals surface area contributed by atoms with Crippen molar-refractivity contribution in [3.05, 3.63) is 34.3 Å². The van der Waals surface area contributed by atoms with Crippen LogP contribution in [0.4, 0.5) is 0 Å². The Bertz CT molecular complexity index is 565. The fourth-order valence-electron chi connectivity index (χ4n) is 2.44. The number of nitrogens with one attached hydrogen (secondary N) is 2. The maximum Gasteiger partial charge on any atom is 0.251 e. The Morgan fingerprint density at radius 2 is 1.85 bits per heavy atom. The van der Waals surface area contributed by atoms with Crippen molar-refractivity contribution in [2.24, 2.45) is 10.7 Å². The molecule has 0 aliphatic carbocycles. The summed E-state index contributed by atoms with van der Waals surface area (Å²) in [5, 5.41) is 5.85. The van der Waals surface area contributed by atoms with Crippen LogP contribution in [0, 0.1) is 0 Å². The molecule has 7 nitrogen and oxygen atoms in total. The molecule has 9 heteroatoms. The van der Waals surface area contributed by atoms with Crippen molar-refractivity contribution in [3.63, 3.8) is 0 Å². The smallest absolute Gasteiger partial charge is 0.251 e. The minimum atomic E-state index is -0.102. The van der Waals surface area contributed by atoms with Crippen LogP contribution in [0.3, 0.4) is 0 Å². The quantitative estimate of drug-likeness (QED) is 0.201. The van der Waals surface area contributed by atoms with Crippen molar-refractivity contribution < 1.29 is 9.53 Å². The lowest BCUT2D eigenvalue weighted by Gasteiger charge is -2.26. The van der Waals surface area contributed by atoms with E-state index in [0.29, 0.717) is 31.2 Å². The van der Waals surface area contributed by atoms with Gasteiger partial charge in [0.2, 0.25) is 0 Å². The number of hydrogen-bond acceptors (Lipinski definition) is 4. The fraction of sp³-hybridized carbons (Fsp3) is 0.529. The van der Waals surface area contributed by atoms with Crippen LogP contribution in [0.5, 0.6) is 0 Å². The largest absolute Gasteiger partial charge is 0.379 e. The topological polar surface area (TPSA) is 92.0 Å². The Kier molecular flexibility index (Phi) is 11.8. The number of hydrogen-bond donors (Lipinski definition) is 3. The first-order chi connectivity index (χ1) is 12.1. The molecule has 0 radical (unpaired) electrons. The second-order valence-corrected chi connectivity index (χ2v) is 6.68. The summed E-state index contributed by atoms with van der Waals surface area (Å²) in [5.74, 6) is 0.315. The lowest BCUT2D eigenvalue weighted by atomic mass is 10.2. The molecular formula is C17H27BrIN5O2. The average molecular weight is 540 g/mol. The standard InChI is InChI=1S/C17H26BrN5O2.HI/c18-15-4-2-14(3-5-15)16(24)20-7-8-22-17(19)21-6-1-9-23-10-12-25-13-11-23;/h2-5H,1,6-13H2,(H,20,24)(H3,19,21,22);1H. The summed E-state index contributed by atoms with van der Waals surface area (Å²) in [6.07, 6.45) is 0.975. The summed E-state index contributed by atoms with van der Waals surface area (Å²) < 4.78 is 6.27. The predicted molar refractivity (Wildman–Crippen MR) is 118 cm³/mol. The van der Waals surface area contributed by atoms with E-state index in [1.807, 2.05) is 12.1 Å². The molecule has 4 N–H and O–H groups in total. The second kappa shape index (κ2) is 13.3. The number of carbonyl (C=O) groups is 1. The first-order valence-corrected chi connectivity index (χ1v) is 9.32. The summed E-state index contributed by atoms with van der Waals surface area (Å²) in [7, 11) is 0. The highest BCUT2D eigenvalue weighted by Crippen LogP contribution is 2.10. The van der Waals surface area contributed by atoms with Crippen molar-refractivity contribution in [3.8, 4) is 0 Å². The van der Waals surface area contributed by atoms with Crippen LogP contribution in [0.1, 0.15) is 16.8 Å². The summed E-state index contributed by atoms with van der Waals surface area (Å²) in [6.45, 7) is 6.37. The van der Waals surface area contributed by atoms with Crippen LogP contribution in [-0.4, -0.2) is 69.2 Å². The highest BCUT2D eigenvalue weighted by atomic mass is 127. The minimum absolute atomic E-state index is 0. The number of aliphatic imine (C=N–C) groups is 1. The number of guanidine groups is 1. The molecule has 1 aliphatic rings. The number of carbonyl (C=O) groups excluding carboxylic acids is 1. The van der Waals surface area contributed by atoms with Crippen LogP contribution in [0.25, 0.3) is 0 Å². The van der Waals surface area contributed by atoms with Crippen LogP contribution in [-0.2, 0) is 4.74 Å². The third kappa shape index (κ3) is 9.15. The van der Waals surface area contributed by atoms with Gasteiger partial charge in [0, 0.05) is 49.3 Å². The normalized spacial score (nSPS) is 15.2. The van der Waals surface area contributed by atoms with Gasteiger partial charge in [0.15, 0.2) is 5.96 Å². The van der Waals surface area contributed by atoms with Gasteiger partial charge in [-0.2, -0.15) is 0 Å². The van der Waals surface area contributed by atoms with Crippen molar-refractivity contribution in [1.29, 1.82) is 0 Å². The van der Waals surface area contributed by atoms with Crippen molar-refractivity contribution in [2.75, 3.05) is 52.5 Å². The Hall–Kier alpha value is -0.910. The first-order valence-electron chi connectivity index (χ1n) is 8.53. The van der Waals surface area contributed by atoms with Crippen LogP contribution in [0.2, 0.25) is 0 Å². The minimum Gasteiger partial charge on any atom is -0.379 e. The van der Waals surface area contributed by atoms with E-state index in [2.05, 4.69) is 36.5 Å². The summed E-state index contributed by atoms with van der Waals surface area (Å²) >= 11 is 3.35. The summed E-state index contributed by atoms with van der Waals surface area (Å²) in [5.41, 5.74) is 6.46. The number of rotatable bonds is 8. The van der Waals surface area contributed by atoms with Gasteiger partial charge >= 0.3 is 0 Å². The molecule has 26 heavy (non-hydrogen) atoms. The van der Waals surface area contributed by atoms with Gasteiger partial charge in [0.05, 0.1) is 13.2 Å². The SMILES string of the molecule is I.NC(=NCCCN1CCOCC1)NCCNC(=O)c1ccc(Br)cc1. The monoisotopic (exact) mass is 539 g/mol. The van der Waals surface area contributed by atoms with Crippen molar-refractivity contribution in [1.82, 2.24) is 15.5 Å². The van der Waals surface area contributed by atoms with Gasteiger partial charge in [-0.15, -0.1) is 24.0 Å². The van der Waals surface area contributed by atoms with E-state index >= 15 is 0 Å². The first kappa shape index (κ1) is 23.1. The van der Waals surface area contributed by atoms with E-state index in [1.165, 1.54) is 0 Å². The van der Waals surface area contributed by atoms with Gasteiger partial charge in [-0.25, -0.2) is 0 Å². The zero-order valence-corrected chi connectivity index (χ0v) is 18.7. The zero-order chi connectivity index (χ0) is 17.9. The number of nitrogens with two attached hydrogens (primary N) is 1. The highest BCUT2D eigenvalue weighted by molar-refractivity contribution is 14.0. The maximum absolute atomic E-state index is 11.9. The number of morpholine rings is 1. The third-order valence-corrected chi connectivity index (χ3v) is 4.37. The molecule has 0 aromatic heterocycles. The molecule has 1 fully saturated rings. The number of nitrogens with zero attached hydrogens (tertiary/aromatic N) is 2. The van der Waals surface area contributed by atoms with E-state index in [9.17, 15) is 4.79 Å². The van der Waals surface area contributed by atoms with Crippen LogP contribution < -0.4 is 16.4 Å². The molecular weight excluding hydrogens is 513 g/mol. The van der Waals surface area contributed by atoms with Gasteiger partial charge in [0.1, 0.15) is 0 Å². The molecule has 1 amide bonds. The third-order valence-electron chi connectivity index (χ3n) is 3.84. The molecule has 1 heterocycles. The molecule has 2 rings (SSSR count). The Labute approximate surface area is 180 Å². The molecule has 0 saturated carbocycles. The molecule has 1 aromatic carbocycles. The second-order valence-electron chi connectivity index (χ2n) is 5.76. The Morgan fingerprint density at radius 3 is 2.54 bits per heavy atom. The fourth-order valence-corrected chi connectivity index (χ4v) is 2.71. The van der Waals surface area contributed by atoms with Gasteiger partial charge < -0.3 is 21.1 Å². The van der Waals surface area contributed by atoms with Gasteiger partial charge in [-0.3, -0.25) is 14.7 Å². The lowest BCUT2D eigenvalue weighted by molar-refractivity contribution is 0.0377. The predicted octanol–water partition coefficient (Wildman–Crippen LogP) is 1.42. The van der Waals surface area contributed by atoms with Crippen LogP contribution >= 0.6 is 39.9 Å². The van der Waals surface area contributed by atoms with Gasteiger partial charge in [-0.05, 0) is 30.7 Å². The van der Waals surface area contributed by atoms with E-state index in [0.717, 1.165) is 43.7 Å². The molecule has 1 aliphatic heterocycles. The van der Waals surface area contributed by atoms with Crippen molar-refractivity contribution >= 4 is 51.8 Å². The molecule has 1 aromatic rings. The number of benzene rings is 1. The maximum atomic E-state index is 11.9. The molecule has 0 unspecified atom stereocenters. The average Bonchev–Trinajstić information content (AvgIpc) is 2.63. The van der Waals surface area contributed by atoms with Crippen molar-refractivity contribution in [2.45, 2.75) is 6.42 Å². The van der Waals surface area contributed by atoms with Gasteiger partial charge in [0.25, 0.3) is 5.91 Å². The molecule has 0 spiro atoms. The molecule has 0 bridgehead atoms. The van der Waals surface area contributed by atoms with E-state index < -0.39 is 0 Å². The summed E-state index contributed by atoms with van der Waals surface area (Å²) in [6, 6.07) is 7.23. The number of halogens is 2.